The fraction of sp³-hybridized carbons (Fsp3) is 0.857. The molecule has 1 aliphatic rings. The summed E-state index contributed by atoms with van der Waals surface area (Å²) in [6.45, 7) is 3.68. The highest BCUT2D eigenvalue weighted by Gasteiger charge is 2.15. The minimum atomic E-state index is -0.240. The Kier molecular flexibility index (Phi) is 3.32. The first-order chi connectivity index (χ1) is 5.33. The highest BCUT2D eigenvalue weighted by molar-refractivity contribution is 5.69. The molecule has 1 atom stereocenters. The molecular formula is C7H13NO3. The number of morpholine rings is 1. The van der Waals surface area contributed by atoms with Gasteiger partial charge in [-0.25, -0.2) is 0 Å². The van der Waals surface area contributed by atoms with Crippen LogP contribution in [0.4, 0.5) is 0 Å². The van der Waals surface area contributed by atoms with Crippen LogP contribution in [0.25, 0.3) is 0 Å². The molecule has 0 radical (unpaired) electrons. The monoisotopic (exact) mass is 159 g/mol. The predicted octanol–water partition coefficient (Wildman–Crippen LogP) is -0.114. The predicted molar refractivity (Wildman–Crippen MR) is 39.0 cm³/mol. The average molecular weight is 159 g/mol. The minimum absolute atomic E-state index is 0.187. The molecule has 0 spiro atoms. The van der Waals surface area contributed by atoms with E-state index in [0.717, 1.165) is 6.54 Å². The number of rotatable bonds is 2. The van der Waals surface area contributed by atoms with Gasteiger partial charge in [0.05, 0.1) is 13.2 Å². The first-order valence-electron chi connectivity index (χ1n) is 3.83. The molecule has 0 aromatic rings. The molecule has 0 aromatic heterocycles. The highest BCUT2D eigenvalue weighted by atomic mass is 16.6. The zero-order valence-corrected chi connectivity index (χ0v) is 6.63. The van der Waals surface area contributed by atoms with Crippen molar-refractivity contribution in [3.05, 3.63) is 0 Å². The van der Waals surface area contributed by atoms with Gasteiger partial charge >= 0.3 is 5.97 Å². The molecule has 1 aliphatic heterocycles. The van der Waals surface area contributed by atoms with Crippen molar-refractivity contribution >= 4 is 5.97 Å². The smallest absolute Gasteiger partial charge is 0.307 e. The third-order valence-electron chi connectivity index (χ3n) is 1.45. The van der Waals surface area contributed by atoms with E-state index in [1.165, 1.54) is 0 Å². The number of ether oxygens (including phenoxy) is 2. The van der Waals surface area contributed by atoms with E-state index in [1.54, 1.807) is 6.92 Å². The Hall–Kier alpha value is -0.610. The Bertz CT molecular complexity index is 132. The first kappa shape index (κ1) is 8.49. The van der Waals surface area contributed by atoms with Gasteiger partial charge < -0.3 is 9.47 Å². The van der Waals surface area contributed by atoms with Gasteiger partial charge in [0.15, 0.2) is 6.23 Å². The van der Waals surface area contributed by atoms with Gasteiger partial charge in [-0.05, 0) is 0 Å². The molecule has 1 rings (SSSR count). The molecule has 1 unspecified atom stereocenters. The van der Waals surface area contributed by atoms with E-state index >= 15 is 0 Å². The lowest BCUT2D eigenvalue weighted by atomic mass is 10.4. The van der Waals surface area contributed by atoms with Gasteiger partial charge in [-0.1, -0.05) is 6.92 Å². The maximum absolute atomic E-state index is 10.8. The topological polar surface area (TPSA) is 47.6 Å². The molecule has 0 amide bonds. The average Bonchev–Trinajstić information content (AvgIpc) is 2.06. The summed E-state index contributed by atoms with van der Waals surface area (Å²) in [5, 5.41) is 3.02. The van der Waals surface area contributed by atoms with Crippen molar-refractivity contribution in [2.75, 3.05) is 19.8 Å². The van der Waals surface area contributed by atoms with E-state index in [-0.39, 0.29) is 12.2 Å². The summed E-state index contributed by atoms with van der Waals surface area (Å²) in [5.41, 5.74) is 0. The lowest BCUT2D eigenvalue weighted by molar-refractivity contribution is -0.156. The second-order valence-electron chi connectivity index (χ2n) is 2.36. The lowest BCUT2D eigenvalue weighted by Gasteiger charge is -2.23. The molecule has 0 bridgehead atoms. The fourth-order valence-corrected chi connectivity index (χ4v) is 0.859. The summed E-state index contributed by atoms with van der Waals surface area (Å²) in [7, 11) is 0. The van der Waals surface area contributed by atoms with Crippen LogP contribution in [0.2, 0.25) is 0 Å². The zero-order chi connectivity index (χ0) is 8.10. The Morgan fingerprint density at radius 2 is 2.64 bits per heavy atom. The third kappa shape index (κ3) is 2.86. The maximum Gasteiger partial charge on any atom is 0.307 e. The van der Waals surface area contributed by atoms with Gasteiger partial charge in [0.1, 0.15) is 0 Å². The van der Waals surface area contributed by atoms with Gasteiger partial charge in [0.2, 0.25) is 0 Å². The normalized spacial score (nSPS) is 24.6. The SMILES string of the molecule is CCC(=O)OC1COCCN1. The van der Waals surface area contributed by atoms with Gasteiger partial charge in [-0.15, -0.1) is 0 Å². The van der Waals surface area contributed by atoms with Gasteiger partial charge in [0.25, 0.3) is 0 Å². The number of carbonyl (C=O) groups is 1. The lowest BCUT2D eigenvalue weighted by Crippen LogP contribution is -2.44. The van der Waals surface area contributed by atoms with E-state index < -0.39 is 0 Å². The summed E-state index contributed by atoms with van der Waals surface area (Å²) in [4.78, 5) is 10.8. The van der Waals surface area contributed by atoms with Crippen LogP contribution in [-0.2, 0) is 14.3 Å². The van der Waals surface area contributed by atoms with Crippen molar-refractivity contribution in [1.29, 1.82) is 0 Å². The molecule has 4 nitrogen and oxygen atoms in total. The summed E-state index contributed by atoms with van der Waals surface area (Å²) in [6.07, 6.45) is 0.175. The number of hydrogen-bond acceptors (Lipinski definition) is 4. The Labute approximate surface area is 65.9 Å². The van der Waals surface area contributed by atoms with Crippen molar-refractivity contribution in [3.63, 3.8) is 0 Å². The van der Waals surface area contributed by atoms with Gasteiger partial charge in [-0.3, -0.25) is 10.1 Å². The molecule has 1 heterocycles. The third-order valence-corrected chi connectivity index (χ3v) is 1.45. The van der Waals surface area contributed by atoms with Crippen molar-refractivity contribution < 1.29 is 14.3 Å². The molecule has 0 saturated carbocycles. The van der Waals surface area contributed by atoms with Crippen LogP contribution in [0.15, 0.2) is 0 Å². The van der Waals surface area contributed by atoms with Crippen LogP contribution in [-0.4, -0.2) is 32.0 Å². The van der Waals surface area contributed by atoms with Crippen LogP contribution in [0.3, 0.4) is 0 Å². The molecule has 64 valence electrons. The number of nitrogens with one attached hydrogen (secondary N) is 1. The Morgan fingerprint density at radius 3 is 3.18 bits per heavy atom. The summed E-state index contributed by atoms with van der Waals surface area (Å²) < 4.78 is 10.1. The van der Waals surface area contributed by atoms with Crippen LogP contribution in [0.5, 0.6) is 0 Å². The molecule has 1 saturated heterocycles. The molecule has 4 heteroatoms. The van der Waals surface area contributed by atoms with Gasteiger partial charge in [0, 0.05) is 13.0 Å². The number of carbonyl (C=O) groups excluding carboxylic acids is 1. The molecule has 1 fully saturated rings. The minimum Gasteiger partial charge on any atom is -0.444 e. The second-order valence-corrected chi connectivity index (χ2v) is 2.36. The summed E-state index contributed by atoms with van der Waals surface area (Å²) in [5.74, 6) is -0.187. The van der Waals surface area contributed by atoms with Crippen LogP contribution in [0, 0.1) is 0 Å². The van der Waals surface area contributed by atoms with Gasteiger partial charge in [-0.2, -0.15) is 0 Å². The standard InChI is InChI=1S/C7H13NO3/c1-2-7(9)11-6-5-10-4-3-8-6/h6,8H,2-5H2,1H3. The number of esters is 1. The van der Waals surface area contributed by atoms with E-state index in [2.05, 4.69) is 5.32 Å². The van der Waals surface area contributed by atoms with Crippen molar-refractivity contribution in [2.45, 2.75) is 19.6 Å². The largest absolute Gasteiger partial charge is 0.444 e. The summed E-state index contributed by atoms with van der Waals surface area (Å²) >= 11 is 0. The van der Waals surface area contributed by atoms with Crippen LogP contribution in [0.1, 0.15) is 13.3 Å². The highest BCUT2D eigenvalue weighted by Crippen LogP contribution is 1.96. The molecule has 0 aromatic carbocycles. The van der Waals surface area contributed by atoms with E-state index in [0.29, 0.717) is 19.6 Å². The van der Waals surface area contributed by atoms with Crippen LogP contribution >= 0.6 is 0 Å². The van der Waals surface area contributed by atoms with E-state index in [9.17, 15) is 4.79 Å². The fourth-order valence-electron chi connectivity index (χ4n) is 0.859. The first-order valence-corrected chi connectivity index (χ1v) is 3.83. The molecule has 1 N–H and O–H groups in total. The van der Waals surface area contributed by atoms with E-state index in [4.69, 9.17) is 9.47 Å². The molecular weight excluding hydrogens is 146 g/mol. The molecule has 11 heavy (non-hydrogen) atoms. The summed E-state index contributed by atoms with van der Waals surface area (Å²) in [6, 6.07) is 0. The molecule has 0 aliphatic carbocycles. The number of hydrogen-bond donors (Lipinski definition) is 1. The maximum atomic E-state index is 10.8. The second kappa shape index (κ2) is 4.31. The quantitative estimate of drug-likeness (QED) is 0.571. The van der Waals surface area contributed by atoms with E-state index in [1.807, 2.05) is 0 Å². The van der Waals surface area contributed by atoms with Crippen LogP contribution < -0.4 is 5.32 Å². The Morgan fingerprint density at radius 1 is 1.82 bits per heavy atom. The Balaban J connectivity index is 2.19. The zero-order valence-electron chi connectivity index (χ0n) is 6.63. The van der Waals surface area contributed by atoms with Crippen molar-refractivity contribution in [1.82, 2.24) is 5.32 Å². The van der Waals surface area contributed by atoms with Crippen molar-refractivity contribution in [2.24, 2.45) is 0 Å². The van der Waals surface area contributed by atoms with Crippen molar-refractivity contribution in [3.8, 4) is 0 Å².